The van der Waals surface area contributed by atoms with Gasteiger partial charge in [-0.05, 0) is 62.2 Å². The van der Waals surface area contributed by atoms with E-state index >= 15 is 0 Å². The highest BCUT2D eigenvalue weighted by Gasteiger charge is 2.38. The van der Waals surface area contributed by atoms with Gasteiger partial charge in [-0.1, -0.05) is 38.5 Å². The average Bonchev–Trinajstić information content (AvgIpc) is 2.27. The SMILES string of the molecule is CC(C)=C(C)c1ccc(O[Si](C)(C)C(C)(C)C)cc1. The molecule has 0 aliphatic rings. The Morgan fingerprint density at radius 2 is 1.42 bits per heavy atom. The molecule has 0 aliphatic carbocycles. The maximum Gasteiger partial charge on any atom is 0.250 e. The highest BCUT2D eigenvalue weighted by atomic mass is 28.4. The van der Waals surface area contributed by atoms with Crippen LogP contribution in [0.4, 0.5) is 0 Å². The van der Waals surface area contributed by atoms with Crippen molar-refractivity contribution in [3.05, 3.63) is 35.4 Å². The largest absolute Gasteiger partial charge is 0.544 e. The molecule has 0 saturated carbocycles. The van der Waals surface area contributed by atoms with Gasteiger partial charge in [0, 0.05) is 0 Å². The second-order valence-corrected chi connectivity index (χ2v) is 11.7. The van der Waals surface area contributed by atoms with Gasteiger partial charge in [-0.2, -0.15) is 0 Å². The molecule has 1 aromatic carbocycles. The van der Waals surface area contributed by atoms with Crippen molar-refractivity contribution in [3.63, 3.8) is 0 Å². The minimum atomic E-state index is -1.72. The zero-order valence-corrected chi connectivity index (χ0v) is 14.7. The Labute approximate surface area is 119 Å². The Balaban J connectivity index is 2.93. The summed E-state index contributed by atoms with van der Waals surface area (Å²) in [5, 5.41) is 0.238. The summed E-state index contributed by atoms with van der Waals surface area (Å²) in [6.07, 6.45) is 0. The quantitative estimate of drug-likeness (QED) is 0.626. The molecule has 0 atom stereocenters. The van der Waals surface area contributed by atoms with Crippen LogP contribution in [0.2, 0.25) is 18.1 Å². The van der Waals surface area contributed by atoms with E-state index in [4.69, 9.17) is 4.43 Å². The molecule has 0 aromatic heterocycles. The Morgan fingerprint density at radius 1 is 0.947 bits per heavy atom. The van der Waals surface area contributed by atoms with Gasteiger partial charge < -0.3 is 4.43 Å². The molecule has 2 heteroatoms. The molecular weight excluding hydrogens is 248 g/mol. The van der Waals surface area contributed by atoms with Crippen LogP contribution in [0.5, 0.6) is 5.75 Å². The lowest BCUT2D eigenvalue weighted by Crippen LogP contribution is -2.43. The fourth-order valence-electron chi connectivity index (χ4n) is 1.51. The molecule has 1 nitrogen and oxygen atoms in total. The Kier molecular flexibility index (Phi) is 4.67. The van der Waals surface area contributed by atoms with Gasteiger partial charge in [0.25, 0.3) is 0 Å². The van der Waals surface area contributed by atoms with E-state index in [1.807, 2.05) is 0 Å². The monoisotopic (exact) mass is 276 g/mol. The molecule has 0 N–H and O–H groups in total. The molecule has 0 radical (unpaired) electrons. The van der Waals surface area contributed by atoms with Crippen molar-refractivity contribution < 1.29 is 4.43 Å². The predicted octanol–water partition coefficient (Wildman–Crippen LogP) is 5.88. The highest BCUT2D eigenvalue weighted by molar-refractivity contribution is 6.74. The van der Waals surface area contributed by atoms with E-state index in [0.717, 1.165) is 5.75 Å². The van der Waals surface area contributed by atoms with Crippen LogP contribution in [-0.2, 0) is 0 Å². The summed E-state index contributed by atoms with van der Waals surface area (Å²) >= 11 is 0. The van der Waals surface area contributed by atoms with Crippen LogP contribution >= 0.6 is 0 Å². The molecule has 0 spiro atoms. The number of hydrogen-bond donors (Lipinski definition) is 0. The smallest absolute Gasteiger partial charge is 0.250 e. The van der Waals surface area contributed by atoms with Crippen LogP contribution in [0.1, 0.15) is 47.1 Å². The minimum absolute atomic E-state index is 0.238. The Morgan fingerprint density at radius 3 is 1.79 bits per heavy atom. The van der Waals surface area contributed by atoms with Crippen molar-refractivity contribution in [3.8, 4) is 5.75 Å². The molecule has 0 fully saturated rings. The summed E-state index contributed by atoms with van der Waals surface area (Å²) in [7, 11) is -1.72. The van der Waals surface area contributed by atoms with E-state index in [-0.39, 0.29) is 5.04 Å². The first-order valence-corrected chi connectivity index (χ1v) is 9.89. The zero-order valence-electron chi connectivity index (χ0n) is 13.7. The molecule has 1 rings (SSSR count). The van der Waals surface area contributed by atoms with Crippen molar-refractivity contribution >= 4 is 13.9 Å². The van der Waals surface area contributed by atoms with Crippen LogP contribution < -0.4 is 4.43 Å². The topological polar surface area (TPSA) is 9.23 Å². The summed E-state index contributed by atoms with van der Waals surface area (Å²) < 4.78 is 6.28. The van der Waals surface area contributed by atoms with Crippen molar-refractivity contribution in [1.29, 1.82) is 0 Å². The second-order valence-electron chi connectivity index (χ2n) is 7.01. The molecule has 0 aliphatic heterocycles. The molecular formula is C17H28OSi. The van der Waals surface area contributed by atoms with E-state index in [0.29, 0.717) is 0 Å². The van der Waals surface area contributed by atoms with Crippen LogP contribution in [0.15, 0.2) is 29.8 Å². The van der Waals surface area contributed by atoms with Crippen molar-refractivity contribution in [1.82, 2.24) is 0 Å². The summed E-state index contributed by atoms with van der Waals surface area (Å²) in [5.41, 5.74) is 3.99. The van der Waals surface area contributed by atoms with Crippen molar-refractivity contribution in [2.75, 3.05) is 0 Å². The third kappa shape index (κ3) is 3.97. The molecule has 106 valence electrons. The van der Waals surface area contributed by atoms with Gasteiger partial charge in [-0.25, -0.2) is 0 Å². The van der Waals surface area contributed by atoms with Crippen molar-refractivity contribution in [2.45, 2.75) is 59.7 Å². The summed E-state index contributed by atoms with van der Waals surface area (Å²) in [4.78, 5) is 0. The van der Waals surface area contributed by atoms with E-state index in [2.05, 4.69) is 78.9 Å². The summed E-state index contributed by atoms with van der Waals surface area (Å²) in [6.45, 7) is 17.8. The average molecular weight is 276 g/mol. The maximum absolute atomic E-state index is 6.28. The lowest BCUT2D eigenvalue weighted by Gasteiger charge is -2.36. The van der Waals surface area contributed by atoms with Crippen LogP contribution in [0.3, 0.4) is 0 Å². The molecule has 0 bridgehead atoms. The van der Waals surface area contributed by atoms with E-state index < -0.39 is 8.32 Å². The lowest BCUT2D eigenvalue weighted by molar-refractivity contribution is 0.492. The molecule has 0 unspecified atom stereocenters. The van der Waals surface area contributed by atoms with Gasteiger partial charge >= 0.3 is 0 Å². The van der Waals surface area contributed by atoms with Gasteiger partial charge in [0.15, 0.2) is 0 Å². The predicted molar refractivity (Wildman–Crippen MR) is 88.2 cm³/mol. The Bertz CT molecular complexity index is 457. The molecule has 0 heterocycles. The first-order chi connectivity index (χ1) is 8.54. The number of allylic oxidation sites excluding steroid dienone is 2. The number of benzene rings is 1. The maximum atomic E-state index is 6.28. The number of rotatable bonds is 3. The zero-order chi connectivity index (χ0) is 14.8. The van der Waals surface area contributed by atoms with Crippen LogP contribution in [0, 0.1) is 0 Å². The molecule has 0 amide bonds. The van der Waals surface area contributed by atoms with Gasteiger partial charge in [0.05, 0.1) is 0 Å². The third-order valence-corrected chi connectivity index (χ3v) is 8.57. The van der Waals surface area contributed by atoms with Gasteiger partial charge in [0.1, 0.15) is 5.75 Å². The minimum Gasteiger partial charge on any atom is -0.544 e. The normalized spacial score (nSPS) is 12.2. The van der Waals surface area contributed by atoms with E-state index in [1.165, 1.54) is 16.7 Å². The van der Waals surface area contributed by atoms with Crippen LogP contribution in [0.25, 0.3) is 5.57 Å². The fourth-order valence-corrected chi connectivity index (χ4v) is 2.54. The number of hydrogen-bond acceptors (Lipinski definition) is 1. The Hall–Kier alpha value is -1.02. The highest BCUT2D eigenvalue weighted by Crippen LogP contribution is 2.37. The van der Waals surface area contributed by atoms with E-state index in [9.17, 15) is 0 Å². The van der Waals surface area contributed by atoms with Gasteiger partial charge in [-0.3, -0.25) is 0 Å². The molecule has 19 heavy (non-hydrogen) atoms. The summed E-state index contributed by atoms with van der Waals surface area (Å²) in [5.74, 6) is 0.997. The third-order valence-electron chi connectivity index (χ3n) is 4.22. The van der Waals surface area contributed by atoms with Crippen molar-refractivity contribution in [2.24, 2.45) is 0 Å². The molecule has 0 saturated heterocycles. The van der Waals surface area contributed by atoms with Gasteiger partial charge in [0.2, 0.25) is 8.32 Å². The summed E-state index contributed by atoms with van der Waals surface area (Å²) in [6, 6.07) is 8.51. The van der Waals surface area contributed by atoms with E-state index in [1.54, 1.807) is 0 Å². The van der Waals surface area contributed by atoms with Gasteiger partial charge in [-0.15, -0.1) is 0 Å². The fraction of sp³-hybridized carbons (Fsp3) is 0.529. The van der Waals surface area contributed by atoms with Crippen LogP contribution in [-0.4, -0.2) is 8.32 Å². The first kappa shape index (κ1) is 16.0. The standard InChI is InChI=1S/C17H28OSi/c1-13(2)14(3)15-9-11-16(12-10-15)18-19(7,8)17(4,5)6/h9-12H,1-8H3. The first-order valence-electron chi connectivity index (χ1n) is 6.98. The second kappa shape index (κ2) is 5.54. The lowest BCUT2D eigenvalue weighted by atomic mass is 10.0. The molecule has 1 aromatic rings.